The van der Waals surface area contributed by atoms with Gasteiger partial charge in [-0.2, -0.15) is 0 Å². The first kappa shape index (κ1) is 14.5. The van der Waals surface area contributed by atoms with Gasteiger partial charge in [-0.25, -0.2) is 9.78 Å². The maximum atomic E-state index is 11.6. The third kappa shape index (κ3) is 2.65. The topological polar surface area (TPSA) is 50.2 Å². The molecule has 0 aliphatic heterocycles. The molecule has 0 amide bonds. The van der Waals surface area contributed by atoms with E-state index < -0.39 is 5.97 Å². The number of carbonyl (C=O) groups is 1. The molecular formula is C18H15NO2S. The predicted molar refractivity (Wildman–Crippen MR) is 89.4 cm³/mol. The molecule has 0 unspecified atom stereocenters. The van der Waals surface area contributed by atoms with Gasteiger partial charge in [-0.15, -0.1) is 11.3 Å². The molecule has 0 radical (unpaired) electrons. The van der Waals surface area contributed by atoms with Crippen molar-refractivity contribution in [1.29, 1.82) is 0 Å². The molecule has 1 heterocycles. The van der Waals surface area contributed by atoms with Crippen molar-refractivity contribution in [3.05, 3.63) is 64.5 Å². The maximum absolute atomic E-state index is 11.6. The molecule has 3 aromatic rings. The lowest BCUT2D eigenvalue weighted by atomic mass is 10.1. The highest BCUT2D eigenvalue weighted by atomic mass is 32.1. The van der Waals surface area contributed by atoms with Crippen LogP contribution in [0.3, 0.4) is 0 Å². The van der Waals surface area contributed by atoms with Crippen LogP contribution in [0.1, 0.15) is 20.8 Å². The van der Waals surface area contributed by atoms with Crippen molar-refractivity contribution in [2.75, 3.05) is 0 Å². The summed E-state index contributed by atoms with van der Waals surface area (Å²) in [6.45, 7) is 3.98. The molecule has 0 aliphatic carbocycles. The van der Waals surface area contributed by atoms with Gasteiger partial charge >= 0.3 is 5.97 Å². The zero-order valence-electron chi connectivity index (χ0n) is 12.3. The standard InChI is InChI=1S/C18H15NO2S/c1-11-6-5-8-13(10-11)17-19-15(16(22-17)18(20)21)14-9-4-3-7-12(14)2/h3-10H,1-2H3,(H,20,21). The summed E-state index contributed by atoms with van der Waals surface area (Å²) in [6, 6.07) is 15.7. The molecule has 3 rings (SSSR count). The summed E-state index contributed by atoms with van der Waals surface area (Å²) in [6.07, 6.45) is 0. The predicted octanol–water partition coefficient (Wildman–Crippen LogP) is 4.79. The highest BCUT2D eigenvalue weighted by molar-refractivity contribution is 7.17. The Kier molecular flexibility index (Phi) is 3.77. The fourth-order valence-corrected chi connectivity index (χ4v) is 3.30. The Morgan fingerprint density at radius 2 is 1.86 bits per heavy atom. The second-order valence-electron chi connectivity index (χ2n) is 5.19. The Morgan fingerprint density at radius 3 is 2.55 bits per heavy atom. The lowest BCUT2D eigenvalue weighted by molar-refractivity contribution is 0.0702. The third-order valence-electron chi connectivity index (χ3n) is 3.49. The van der Waals surface area contributed by atoms with Crippen molar-refractivity contribution in [2.45, 2.75) is 13.8 Å². The van der Waals surface area contributed by atoms with Crippen molar-refractivity contribution in [3.8, 4) is 21.8 Å². The number of aryl methyl sites for hydroxylation is 2. The van der Waals surface area contributed by atoms with E-state index >= 15 is 0 Å². The molecule has 0 saturated carbocycles. The molecule has 22 heavy (non-hydrogen) atoms. The number of hydrogen-bond donors (Lipinski definition) is 1. The summed E-state index contributed by atoms with van der Waals surface area (Å²) in [7, 11) is 0. The van der Waals surface area contributed by atoms with Crippen molar-refractivity contribution in [1.82, 2.24) is 4.98 Å². The fraction of sp³-hybridized carbons (Fsp3) is 0.111. The Morgan fingerprint density at radius 1 is 1.09 bits per heavy atom. The number of thiazole rings is 1. The van der Waals surface area contributed by atoms with Crippen molar-refractivity contribution >= 4 is 17.3 Å². The van der Waals surface area contributed by atoms with Gasteiger partial charge in [0.1, 0.15) is 9.88 Å². The lowest BCUT2D eigenvalue weighted by Crippen LogP contribution is -1.96. The SMILES string of the molecule is Cc1cccc(-c2nc(-c3ccccc3C)c(C(=O)O)s2)c1. The average molecular weight is 309 g/mol. The number of aromatic carboxylic acids is 1. The minimum atomic E-state index is -0.936. The van der Waals surface area contributed by atoms with Gasteiger partial charge in [-0.3, -0.25) is 0 Å². The summed E-state index contributed by atoms with van der Waals surface area (Å²) < 4.78 is 0. The molecular weight excluding hydrogens is 294 g/mol. The molecule has 0 bridgehead atoms. The van der Waals surface area contributed by atoms with Crippen molar-refractivity contribution < 1.29 is 9.90 Å². The van der Waals surface area contributed by atoms with E-state index in [2.05, 4.69) is 4.98 Å². The van der Waals surface area contributed by atoms with E-state index in [1.165, 1.54) is 11.3 Å². The van der Waals surface area contributed by atoms with E-state index in [0.29, 0.717) is 5.69 Å². The molecule has 3 nitrogen and oxygen atoms in total. The van der Waals surface area contributed by atoms with Crippen molar-refractivity contribution in [3.63, 3.8) is 0 Å². The largest absolute Gasteiger partial charge is 0.477 e. The normalized spacial score (nSPS) is 10.6. The summed E-state index contributed by atoms with van der Waals surface area (Å²) in [5.41, 5.74) is 4.52. The number of aromatic nitrogens is 1. The maximum Gasteiger partial charge on any atom is 0.348 e. The summed E-state index contributed by atoms with van der Waals surface area (Å²) in [5, 5.41) is 10.2. The first-order valence-corrected chi connectivity index (χ1v) is 7.75. The quantitative estimate of drug-likeness (QED) is 0.756. The highest BCUT2D eigenvalue weighted by Crippen LogP contribution is 2.35. The van der Waals surface area contributed by atoms with E-state index in [-0.39, 0.29) is 4.88 Å². The second kappa shape index (κ2) is 5.73. The van der Waals surface area contributed by atoms with Gasteiger partial charge in [-0.05, 0) is 25.5 Å². The fourth-order valence-electron chi connectivity index (χ4n) is 2.39. The number of benzene rings is 2. The molecule has 0 saturated heterocycles. The van der Waals surface area contributed by atoms with Crippen LogP contribution in [0.2, 0.25) is 0 Å². The van der Waals surface area contributed by atoms with Gasteiger partial charge < -0.3 is 5.11 Å². The molecule has 4 heteroatoms. The molecule has 0 atom stereocenters. The van der Waals surface area contributed by atoms with Crippen LogP contribution >= 0.6 is 11.3 Å². The summed E-state index contributed by atoms with van der Waals surface area (Å²) in [4.78, 5) is 16.5. The molecule has 2 aromatic carbocycles. The third-order valence-corrected chi connectivity index (χ3v) is 4.58. The van der Waals surface area contributed by atoms with E-state index in [9.17, 15) is 9.90 Å². The Labute approximate surface area is 132 Å². The molecule has 1 N–H and O–H groups in total. The van der Waals surface area contributed by atoms with Gasteiger partial charge in [0.2, 0.25) is 0 Å². The van der Waals surface area contributed by atoms with Gasteiger partial charge in [0, 0.05) is 11.1 Å². The number of rotatable bonds is 3. The number of hydrogen-bond acceptors (Lipinski definition) is 3. The lowest BCUT2D eigenvalue weighted by Gasteiger charge is -2.03. The Balaban J connectivity index is 2.19. The van der Waals surface area contributed by atoms with Crippen LogP contribution in [0, 0.1) is 13.8 Å². The first-order valence-electron chi connectivity index (χ1n) is 6.93. The van der Waals surface area contributed by atoms with Crippen LogP contribution in [0.4, 0.5) is 0 Å². The monoisotopic (exact) mass is 309 g/mol. The molecule has 0 fully saturated rings. The van der Waals surface area contributed by atoms with E-state index in [0.717, 1.165) is 27.3 Å². The minimum absolute atomic E-state index is 0.283. The zero-order valence-corrected chi connectivity index (χ0v) is 13.1. The number of carboxylic acids is 1. The molecule has 1 aromatic heterocycles. The first-order chi connectivity index (χ1) is 10.6. The number of carboxylic acid groups (broad SMARTS) is 1. The smallest absolute Gasteiger partial charge is 0.348 e. The van der Waals surface area contributed by atoms with E-state index in [1.54, 1.807) is 0 Å². The van der Waals surface area contributed by atoms with Crippen LogP contribution < -0.4 is 0 Å². The van der Waals surface area contributed by atoms with Gasteiger partial charge in [0.15, 0.2) is 0 Å². The minimum Gasteiger partial charge on any atom is -0.477 e. The Hall–Kier alpha value is -2.46. The van der Waals surface area contributed by atoms with E-state index in [4.69, 9.17) is 0 Å². The van der Waals surface area contributed by atoms with Crippen LogP contribution in [-0.2, 0) is 0 Å². The number of nitrogens with zero attached hydrogens (tertiary/aromatic N) is 1. The van der Waals surface area contributed by atoms with Crippen LogP contribution in [0.15, 0.2) is 48.5 Å². The molecule has 0 spiro atoms. The zero-order chi connectivity index (χ0) is 15.7. The summed E-state index contributed by atoms with van der Waals surface area (Å²) >= 11 is 1.22. The molecule has 0 aliphatic rings. The molecule has 110 valence electrons. The van der Waals surface area contributed by atoms with Crippen LogP contribution in [0.25, 0.3) is 21.8 Å². The van der Waals surface area contributed by atoms with Gasteiger partial charge in [-0.1, -0.05) is 48.0 Å². The van der Waals surface area contributed by atoms with E-state index in [1.807, 2.05) is 62.4 Å². The highest BCUT2D eigenvalue weighted by Gasteiger charge is 2.20. The van der Waals surface area contributed by atoms with Crippen LogP contribution in [0.5, 0.6) is 0 Å². The average Bonchev–Trinajstić information content (AvgIpc) is 2.93. The van der Waals surface area contributed by atoms with Gasteiger partial charge in [0.05, 0.1) is 5.69 Å². The second-order valence-corrected chi connectivity index (χ2v) is 6.19. The van der Waals surface area contributed by atoms with Crippen LogP contribution in [-0.4, -0.2) is 16.1 Å². The Bertz CT molecular complexity index is 852. The summed E-state index contributed by atoms with van der Waals surface area (Å²) in [5.74, 6) is -0.936. The van der Waals surface area contributed by atoms with Gasteiger partial charge in [0.25, 0.3) is 0 Å². The van der Waals surface area contributed by atoms with Crippen molar-refractivity contribution in [2.24, 2.45) is 0 Å².